The number of nitrogens with one attached hydrogen (secondary N) is 1. The molecule has 7 heteroatoms. The molecule has 1 aromatic carbocycles. The van der Waals surface area contributed by atoms with E-state index >= 15 is 0 Å². The summed E-state index contributed by atoms with van der Waals surface area (Å²) in [5, 5.41) is 0. The Kier molecular flexibility index (Phi) is 4.65. The number of benzene rings is 1. The van der Waals surface area contributed by atoms with Crippen LogP contribution in [0.3, 0.4) is 0 Å². The Morgan fingerprint density at radius 1 is 1.38 bits per heavy atom. The predicted octanol–water partition coefficient (Wildman–Crippen LogP) is 1.32. The van der Waals surface area contributed by atoms with Crippen molar-refractivity contribution in [3.63, 3.8) is 0 Å². The monoisotopic (exact) mass is 313 g/mol. The Morgan fingerprint density at radius 2 is 2.10 bits per heavy atom. The number of carbonyl (C=O) groups is 1. The van der Waals surface area contributed by atoms with Crippen molar-refractivity contribution in [2.75, 3.05) is 20.3 Å². The van der Waals surface area contributed by atoms with Crippen molar-refractivity contribution in [3.05, 3.63) is 29.8 Å². The van der Waals surface area contributed by atoms with E-state index in [2.05, 4.69) is 9.46 Å². The largest absolute Gasteiger partial charge is 0.465 e. The summed E-state index contributed by atoms with van der Waals surface area (Å²) in [6.45, 7) is 2.74. The Bertz CT molecular complexity index is 620. The Labute approximate surface area is 124 Å². The van der Waals surface area contributed by atoms with Crippen LogP contribution in [0.1, 0.15) is 30.1 Å². The summed E-state index contributed by atoms with van der Waals surface area (Å²) in [6.07, 6.45) is 1.48. The molecule has 1 atom stereocenters. The van der Waals surface area contributed by atoms with Gasteiger partial charge in [0.25, 0.3) is 0 Å². The molecule has 0 bridgehead atoms. The van der Waals surface area contributed by atoms with Gasteiger partial charge in [-0.05, 0) is 31.9 Å². The molecule has 1 aliphatic rings. The second kappa shape index (κ2) is 6.13. The number of carbonyl (C=O) groups excluding carboxylic acids is 1. The summed E-state index contributed by atoms with van der Waals surface area (Å²) < 4.78 is 37.8. The lowest BCUT2D eigenvalue weighted by Crippen LogP contribution is -2.51. The molecule has 0 aromatic heterocycles. The third-order valence-electron chi connectivity index (χ3n) is 3.40. The van der Waals surface area contributed by atoms with Crippen LogP contribution in [0.25, 0.3) is 0 Å². The van der Waals surface area contributed by atoms with Crippen LogP contribution < -0.4 is 4.72 Å². The fraction of sp³-hybridized carbons (Fsp3) is 0.500. The topological polar surface area (TPSA) is 81.7 Å². The quantitative estimate of drug-likeness (QED) is 0.848. The molecule has 0 aliphatic carbocycles. The molecule has 1 heterocycles. The van der Waals surface area contributed by atoms with Gasteiger partial charge in [0.05, 0.1) is 29.7 Å². The molecule has 1 fully saturated rings. The van der Waals surface area contributed by atoms with E-state index in [0.29, 0.717) is 19.6 Å². The Hall–Kier alpha value is -1.44. The van der Waals surface area contributed by atoms with Gasteiger partial charge in [0.1, 0.15) is 0 Å². The van der Waals surface area contributed by atoms with Crippen molar-refractivity contribution in [2.24, 2.45) is 0 Å². The van der Waals surface area contributed by atoms with Crippen LogP contribution in [0, 0.1) is 0 Å². The third kappa shape index (κ3) is 3.61. The van der Waals surface area contributed by atoms with E-state index in [-0.39, 0.29) is 10.5 Å². The summed E-state index contributed by atoms with van der Waals surface area (Å²) in [4.78, 5) is 11.6. The molecular formula is C14H19NO5S. The lowest BCUT2D eigenvalue weighted by Gasteiger charge is -2.34. The minimum Gasteiger partial charge on any atom is -0.465 e. The zero-order valence-corrected chi connectivity index (χ0v) is 12.9. The van der Waals surface area contributed by atoms with E-state index < -0.39 is 21.5 Å². The second-order valence-corrected chi connectivity index (χ2v) is 6.96. The van der Waals surface area contributed by atoms with Crippen LogP contribution in [0.5, 0.6) is 0 Å². The van der Waals surface area contributed by atoms with Crippen LogP contribution in [0.4, 0.5) is 0 Å². The van der Waals surface area contributed by atoms with E-state index in [1.807, 2.05) is 0 Å². The van der Waals surface area contributed by atoms with E-state index in [1.54, 1.807) is 19.1 Å². The Balaban J connectivity index is 2.34. The number of hydrogen-bond acceptors (Lipinski definition) is 5. The number of esters is 1. The number of methoxy groups -OCH3 is 1. The summed E-state index contributed by atoms with van der Waals surface area (Å²) in [7, 11) is -2.62. The molecule has 6 nitrogen and oxygen atoms in total. The molecule has 2 rings (SSSR count). The predicted molar refractivity (Wildman–Crippen MR) is 76.6 cm³/mol. The molecule has 0 saturated carbocycles. The molecule has 0 amide bonds. The van der Waals surface area contributed by atoms with Gasteiger partial charge < -0.3 is 9.47 Å². The fourth-order valence-corrected chi connectivity index (χ4v) is 3.99. The highest BCUT2D eigenvalue weighted by atomic mass is 32.2. The summed E-state index contributed by atoms with van der Waals surface area (Å²) in [6, 6.07) is 5.99. The van der Waals surface area contributed by atoms with Crippen LogP contribution in [-0.2, 0) is 19.5 Å². The van der Waals surface area contributed by atoms with Gasteiger partial charge in [0, 0.05) is 6.61 Å². The normalized spacial score (nSPS) is 22.8. The SMILES string of the molecule is COC(=O)c1ccccc1S(=O)(=O)NC1(C)CCCOC1. The average Bonchev–Trinajstić information content (AvgIpc) is 2.46. The number of sulfonamides is 1. The van der Waals surface area contributed by atoms with Crippen molar-refractivity contribution in [1.29, 1.82) is 0 Å². The molecule has 1 saturated heterocycles. The fourth-order valence-electron chi connectivity index (χ4n) is 2.37. The van der Waals surface area contributed by atoms with Crippen LogP contribution in [0.15, 0.2) is 29.2 Å². The summed E-state index contributed by atoms with van der Waals surface area (Å²) >= 11 is 0. The molecule has 0 radical (unpaired) electrons. The summed E-state index contributed by atoms with van der Waals surface area (Å²) in [5.41, 5.74) is -0.645. The molecule has 1 unspecified atom stereocenters. The molecular weight excluding hydrogens is 294 g/mol. The minimum atomic E-state index is -3.83. The standard InChI is InChI=1S/C14H19NO5S/c1-14(8-5-9-20-10-14)15-21(17,18)12-7-4-3-6-11(12)13(16)19-2/h3-4,6-7,15H,5,8-10H2,1-2H3. The van der Waals surface area contributed by atoms with Gasteiger partial charge in [-0.15, -0.1) is 0 Å². The van der Waals surface area contributed by atoms with E-state index in [9.17, 15) is 13.2 Å². The smallest absolute Gasteiger partial charge is 0.339 e. The van der Waals surface area contributed by atoms with Gasteiger partial charge in [0.2, 0.25) is 10.0 Å². The van der Waals surface area contributed by atoms with E-state index in [1.165, 1.54) is 19.2 Å². The van der Waals surface area contributed by atoms with Gasteiger partial charge in [-0.2, -0.15) is 0 Å². The number of ether oxygens (including phenoxy) is 2. The van der Waals surface area contributed by atoms with Crippen LogP contribution in [0.2, 0.25) is 0 Å². The summed E-state index contributed by atoms with van der Waals surface area (Å²) in [5.74, 6) is -0.680. The highest BCUT2D eigenvalue weighted by Gasteiger charge is 2.34. The first-order chi connectivity index (χ1) is 9.88. The van der Waals surface area contributed by atoms with Gasteiger partial charge in [0.15, 0.2) is 0 Å². The maximum atomic E-state index is 12.6. The number of rotatable bonds is 4. The van der Waals surface area contributed by atoms with E-state index in [0.717, 1.165) is 6.42 Å². The van der Waals surface area contributed by atoms with E-state index in [4.69, 9.17) is 4.74 Å². The van der Waals surface area contributed by atoms with Crippen molar-refractivity contribution >= 4 is 16.0 Å². The molecule has 1 aromatic rings. The lowest BCUT2D eigenvalue weighted by atomic mass is 9.97. The van der Waals surface area contributed by atoms with Crippen LogP contribution >= 0.6 is 0 Å². The highest BCUT2D eigenvalue weighted by Crippen LogP contribution is 2.23. The highest BCUT2D eigenvalue weighted by molar-refractivity contribution is 7.89. The van der Waals surface area contributed by atoms with Gasteiger partial charge in [-0.25, -0.2) is 17.9 Å². The zero-order valence-electron chi connectivity index (χ0n) is 12.1. The van der Waals surface area contributed by atoms with Gasteiger partial charge in [-0.1, -0.05) is 12.1 Å². The second-order valence-electron chi connectivity index (χ2n) is 5.31. The van der Waals surface area contributed by atoms with Gasteiger partial charge >= 0.3 is 5.97 Å². The first-order valence-corrected chi connectivity index (χ1v) is 8.15. The van der Waals surface area contributed by atoms with Crippen LogP contribution in [-0.4, -0.2) is 40.2 Å². The molecule has 1 N–H and O–H groups in total. The van der Waals surface area contributed by atoms with Crippen molar-refractivity contribution in [3.8, 4) is 0 Å². The first kappa shape index (κ1) is 15.9. The first-order valence-electron chi connectivity index (χ1n) is 6.67. The number of hydrogen-bond donors (Lipinski definition) is 1. The molecule has 1 aliphatic heterocycles. The average molecular weight is 313 g/mol. The lowest BCUT2D eigenvalue weighted by molar-refractivity contribution is 0.0386. The zero-order chi connectivity index (χ0) is 15.5. The Morgan fingerprint density at radius 3 is 2.71 bits per heavy atom. The molecule has 21 heavy (non-hydrogen) atoms. The van der Waals surface area contributed by atoms with Gasteiger partial charge in [-0.3, -0.25) is 0 Å². The van der Waals surface area contributed by atoms with Crippen molar-refractivity contribution < 1.29 is 22.7 Å². The molecule has 0 spiro atoms. The maximum absolute atomic E-state index is 12.6. The molecule has 116 valence electrons. The van der Waals surface area contributed by atoms with Crippen molar-refractivity contribution in [1.82, 2.24) is 4.72 Å². The van der Waals surface area contributed by atoms with Crippen molar-refractivity contribution in [2.45, 2.75) is 30.2 Å². The third-order valence-corrected chi connectivity index (χ3v) is 5.10. The maximum Gasteiger partial charge on any atom is 0.339 e. The minimum absolute atomic E-state index is 0.0211.